The van der Waals surface area contributed by atoms with E-state index in [1.807, 2.05) is 30.3 Å². The molecule has 1 aliphatic carbocycles. The predicted octanol–water partition coefficient (Wildman–Crippen LogP) is 2.93. The lowest BCUT2D eigenvalue weighted by Gasteiger charge is -2.32. The highest BCUT2D eigenvalue weighted by Crippen LogP contribution is 2.48. The number of aliphatic carboxylic acids is 1. The number of carbonyl (C=O) groups excluding carboxylic acids is 1. The molecule has 4 heteroatoms. The molecule has 4 nitrogen and oxygen atoms in total. The van der Waals surface area contributed by atoms with Crippen molar-refractivity contribution >= 4 is 11.9 Å². The Kier molecular flexibility index (Phi) is 4.08. The Morgan fingerprint density at radius 3 is 2.19 bits per heavy atom. The summed E-state index contributed by atoms with van der Waals surface area (Å²) in [5.74, 6) is -1.23. The lowest BCUT2D eigenvalue weighted by Crippen LogP contribution is -2.44. The predicted molar refractivity (Wildman–Crippen MR) is 80.6 cm³/mol. The van der Waals surface area contributed by atoms with Gasteiger partial charge in [-0.3, -0.25) is 9.59 Å². The van der Waals surface area contributed by atoms with Gasteiger partial charge in [-0.2, -0.15) is 0 Å². The quantitative estimate of drug-likeness (QED) is 0.848. The molecule has 1 N–H and O–H groups in total. The molecule has 0 heterocycles. The summed E-state index contributed by atoms with van der Waals surface area (Å²) in [6.45, 7) is 7.18. The van der Waals surface area contributed by atoms with E-state index in [4.69, 9.17) is 0 Å². The first-order valence-electron chi connectivity index (χ1n) is 7.31. The van der Waals surface area contributed by atoms with Crippen LogP contribution in [0.15, 0.2) is 30.3 Å². The minimum Gasteiger partial charge on any atom is -0.480 e. The highest BCUT2D eigenvalue weighted by atomic mass is 16.4. The lowest BCUT2D eigenvalue weighted by atomic mass is 9.94. The van der Waals surface area contributed by atoms with Gasteiger partial charge >= 0.3 is 5.97 Å². The summed E-state index contributed by atoms with van der Waals surface area (Å²) in [6.07, 6.45) is 0.910. The molecule has 0 radical (unpaired) electrons. The van der Waals surface area contributed by atoms with Gasteiger partial charge in [0.2, 0.25) is 5.91 Å². The summed E-state index contributed by atoms with van der Waals surface area (Å²) < 4.78 is 0. The van der Waals surface area contributed by atoms with Crippen LogP contribution in [0.5, 0.6) is 0 Å². The first-order valence-corrected chi connectivity index (χ1v) is 7.31. The maximum atomic E-state index is 12.7. The third-order valence-electron chi connectivity index (χ3n) is 3.74. The van der Waals surface area contributed by atoms with Crippen LogP contribution >= 0.6 is 0 Å². The Morgan fingerprint density at radius 1 is 1.19 bits per heavy atom. The van der Waals surface area contributed by atoms with Crippen LogP contribution in [0.1, 0.15) is 39.2 Å². The first kappa shape index (κ1) is 15.5. The summed E-state index contributed by atoms with van der Waals surface area (Å²) in [5, 5.41) is 9.34. The van der Waals surface area contributed by atoms with Gasteiger partial charge < -0.3 is 10.0 Å². The van der Waals surface area contributed by atoms with Gasteiger partial charge in [0.15, 0.2) is 0 Å². The Balaban J connectivity index is 2.20. The molecule has 0 atom stereocenters. The van der Waals surface area contributed by atoms with Gasteiger partial charge in [0.05, 0.1) is 0 Å². The molecule has 1 aromatic rings. The van der Waals surface area contributed by atoms with E-state index >= 15 is 0 Å². The SMILES string of the molecule is CC(C)(C)CN(Cc1ccccc1)C(=O)C1(C(=O)O)CC1. The minimum absolute atomic E-state index is 0.0704. The fraction of sp³-hybridized carbons (Fsp3) is 0.529. The third-order valence-corrected chi connectivity index (χ3v) is 3.74. The standard InChI is InChI=1S/C17H23NO3/c1-16(2,3)12-18(11-13-7-5-4-6-8-13)14(19)17(9-10-17)15(20)21/h4-8H,9-12H2,1-3H3,(H,20,21). The van der Waals surface area contributed by atoms with E-state index in [0.717, 1.165) is 5.56 Å². The maximum absolute atomic E-state index is 12.7. The fourth-order valence-electron chi connectivity index (χ4n) is 2.52. The summed E-state index contributed by atoms with van der Waals surface area (Å²) in [7, 11) is 0. The minimum atomic E-state index is -1.17. The van der Waals surface area contributed by atoms with Crippen molar-refractivity contribution in [2.45, 2.75) is 40.2 Å². The monoisotopic (exact) mass is 289 g/mol. The van der Waals surface area contributed by atoms with E-state index in [2.05, 4.69) is 20.8 Å². The van der Waals surface area contributed by atoms with Crippen molar-refractivity contribution in [2.75, 3.05) is 6.54 Å². The first-order chi connectivity index (χ1) is 9.74. The van der Waals surface area contributed by atoms with Gasteiger partial charge in [0, 0.05) is 13.1 Å². The Hall–Kier alpha value is -1.84. The van der Waals surface area contributed by atoms with Crippen molar-refractivity contribution in [3.05, 3.63) is 35.9 Å². The van der Waals surface area contributed by atoms with Crippen molar-refractivity contribution in [2.24, 2.45) is 10.8 Å². The van der Waals surface area contributed by atoms with Gasteiger partial charge in [-0.25, -0.2) is 0 Å². The second-order valence-corrected chi connectivity index (χ2v) is 7.09. The number of benzene rings is 1. The molecular weight excluding hydrogens is 266 g/mol. The molecule has 0 bridgehead atoms. The molecule has 0 saturated heterocycles. The molecule has 1 fully saturated rings. The Morgan fingerprint density at radius 2 is 1.76 bits per heavy atom. The van der Waals surface area contributed by atoms with Crippen LogP contribution in [0.4, 0.5) is 0 Å². The largest absolute Gasteiger partial charge is 0.480 e. The van der Waals surface area contributed by atoms with Gasteiger partial charge in [0.1, 0.15) is 5.41 Å². The highest BCUT2D eigenvalue weighted by Gasteiger charge is 2.58. The van der Waals surface area contributed by atoms with E-state index in [-0.39, 0.29) is 11.3 Å². The molecule has 1 saturated carbocycles. The van der Waals surface area contributed by atoms with Crippen molar-refractivity contribution in [3.8, 4) is 0 Å². The summed E-state index contributed by atoms with van der Waals surface area (Å²) in [5.41, 5.74) is -0.213. The normalized spacial score (nSPS) is 16.3. The van der Waals surface area contributed by atoms with Crippen LogP contribution in [-0.2, 0) is 16.1 Å². The van der Waals surface area contributed by atoms with Gasteiger partial charge in [-0.15, -0.1) is 0 Å². The average molecular weight is 289 g/mol. The second-order valence-electron chi connectivity index (χ2n) is 7.09. The summed E-state index contributed by atoms with van der Waals surface area (Å²) >= 11 is 0. The van der Waals surface area contributed by atoms with Crippen molar-refractivity contribution in [3.63, 3.8) is 0 Å². The highest BCUT2D eigenvalue weighted by molar-refractivity contribution is 6.04. The average Bonchev–Trinajstić information content (AvgIpc) is 3.18. The number of rotatable bonds is 5. The van der Waals surface area contributed by atoms with Crippen LogP contribution in [0.3, 0.4) is 0 Å². The smallest absolute Gasteiger partial charge is 0.319 e. The zero-order valence-electron chi connectivity index (χ0n) is 12.9. The number of carboxylic acids is 1. The molecule has 114 valence electrons. The van der Waals surface area contributed by atoms with Crippen molar-refractivity contribution in [1.29, 1.82) is 0 Å². The van der Waals surface area contributed by atoms with Gasteiger partial charge in [-0.05, 0) is 23.8 Å². The van der Waals surface area contributed by atoms with Gasteiger partial charge in [0.25, 0.3) is 0 Å². The van der Waals surface area contributed by atoms with Gasteiger partial charge in [-0.1, -0.05) is 51.1 Å². The van der Waals surface area contributed by atoms with Crippen LogP contribution in [0.2, 0.25) is 0 Å². The number of nitrogens with zero attached hydrogens (tertiary/aromatic N) is 1. The molecule has 0 aliphatic heterocycles. The molecule has 1 aliphatic rings. The third kappa shape index (κ3) is 3.63. The molecule has 2 rings (SSSR count). The summed E-state index contributed by atoms with van der Waals surface area (Å²) in [6, 6.07) is 9.71. The fourth-order valence-corrected chi connectivity index (χ4v) is 2.52. The van der Waals surface area contributed by atoms with Crippen LogP contribution in [0, 0.1) is 10.8 Å². The van der Waals surface area contributed by atoms with Crippen LogP contribution in [0.25, 0.3) is 0 Å². The van der Waals surface area contributed by atoms with Crippen LogP contribution < -0.4 is 0 Å². The molecule has 1 amide bonds. The van der Waals surface area contributed by atoms with Crippen molar-refractivity contribution in [1.82, 2.24) is 4.90 Å². The topological polar surface area (TPSA) is 57.6 Å². The maximum Gasteiger partial charge on any atom is 0.319 e. The Bertz CT molecular complexity index is 527. The molecule has 0 unspecified atom stereocenters. The number of hydrogen-bond acceptors (Lipinski definition) is 2. The number of carboxylic acid groups (broad SMARTS) is 1. The number of amides is 1. The van der Waals surface area contributed by atoms with E-state index in [1.165, 1.54) is 0 Å². The zero-order chi connectivity index (χ0) is 15.7. The lowest BCUT2D eigenvalue weighted by molar-refractivity contribution is -0.154. The molecule has 0 aromatic heterocycles. The van der Waals surface area contributed by atoms with Crippen LogP contribution in [-0.4, -0.2) is 28.4 Å². The van der Waals surface area contributed by atoms with Crippen molar-refractivity contribution < 1.29 is 14.7 Å². The molecule has 1 aromatic carbocycles. The molecule has 21 heavy (non-hydrogen) atoms. The zero-order valence-corrected chi connectivity index (χ0v) is 12.9. The van der Waals surface area contributed by atoms with E-state index in [1.54, 1.807) is 4.90 Å². The Labute approximate surface area is 125 Å². The molecule has 0 spiro atoms. The second kappa shape index (κ2) is 5.51. The van der Waals surface area contributed by atoms with E-state index in [9.17, 15) is 14.7 Å². The van der Waals surface area contributed by atoms with E-state index < -0.39 is 11.4 Å². The molecular formula is C17H23NO3. The number of carbonyl (C=O) groups is 2. The summed E-state index contributed by atoms with van der Waals surface area (Å²) in [4.78, 5) is 25.8. The van der Waals surface area contributed by atoms with E-state index in [0.29, 0.717) is 25.9 Å². The number of hydrogen-bond donors (Lipinski definition) is 1.